The Kier molecular flexibility index (Phi) is 6.25. The highest BCUT2D eigenvalue weighted by atomic mass is 19.4. The van der Waals surface area contributed by atoms with Gasteiger partial charge >= 0.3 is 12.2 Å². The number of rotatable bonds is 4. The van der Waals surface area contributed by atoms with E-state index in [2.05, 4.69) is 25.5 Å². The van der Waals surface area contributed by atoms with Crippen LogP contribution in [0.1, 0.15) is 23.0 Å². The van der Waals surface area contributed by atoms with Crippen LogP contribution < -0.4 is 15.5 Å². The molecule has 1 saturated heterocycles. The summed E-state index contributed by atoms with van der Waals surface area (Å²) in [5.41, 5.74) is 1.81. The molecule has 1 aromatic heterocycles. The lowest BCUT2D eigenvalue weighted by Gasteiger charge is -2.35. The minimum Gasteiger partial charge on any atom is -0.367 e. The second-order valence-corrected chi connectivity index (χ2v) is 7.59. The number of benzene rings is 1. The minimum absolute atomic E-state index is 0.0347. The largest absolute Gasteiger partial charge is 0.413 e. The van der Waals surface area contributed by atoms with E-state index in [-0.39, 0.29) is 11.3 Å². The van der Waals surface area contributed by atoms with Gasteiger partial charge in [-0.05, 0) is 33.0 Å². The second kappa shape index (κ2) is 8.55. The lowest BCUT2D eigenvalue weighted by Crippen LogP contribution is -2.45. The third-order valence-corrected chi connectivity index (χ3v) is 5.45. The molecular weight excluding hydrogens is 397 g/mol. The van der Waals surface area contributed by atoms with Crippen LogP contribution >= 0.6 is 0 Å². The molecule has 2 aromatic rings. The molecule has 10 heteroatoms. The number of nitrogens with one attached hydrogen (secondary N) is 2. The molecule has 1 aromatic carbocycles. The van der Waals surface area contributed by atoms with Gasteiger partial charge in [-0.1, -0.05) is 12.1 Å². The van der Waals surface area contributed by atoms with Crippen molar-refractivity contribution < 1.29 is 18.0 Å². The number of urea groups is 1. The molecule has 7 nitrogen and oxygen atoms in total. The Balaban J connectivity index is 1.80. The molecule has 2 N–H and O–H groups in total. The predicted molar refractivity (Wildman–Crippen MR) is 110 cm³/mol. The number of carbonyl (C=O) groups excluding carboxylic acids is 1. The van der Waals surface area contributed by atoms with Gasteiger partial charge in [-0.3, -0.25) is 4.68 Å². The number of aromatic nitrogens is 2. The summed E-state index contributed by atoms with van der Waals surface area (Å²) in [6, 6.07) is 4.07. The van der Waals surface area contributed by atoms with Gasteiger partial charge in [-0.25, -0.2) is 4.79 Å². The van der Waals surface area contributed by atoms with E-state index in [0.29, 0.717) is 11.4 Å². The van der Waals surface area contributed by atoms with E-state index in [1.807, 2.05) is 19.2 Å². The topological polar surface area (TPSA) is 65.4 Å². The van der Waals surface area contributed by atoms with E-state index in [4.69, 9.17) is 0 Å². The Morgan fingerprint density at radius 1 is 1.10 bits per heavy atom. The Bertz CT molecular complexity index is 902. The molecule has 0 aliphatic carbocycles. The number of piperazine rings is 1. The van der Waals surface area contributed by atoms with E-state index < -0.39 is 18.2 Å². The molecule has 30 heavy (non-hydrogen) atoms. The van der Waals surface area contributed by atoms with E-state index in [0.717, 1.165) is 31.9 Å². The summed E-state index contributed by atoms with van der Waals surface area (Å²) >= 11 is 0. The maximum atomic E-state index is 13.8. The van der Waals surface area contributed by atoms with Crippen LogP contribution in [0.15, 0.2) is 24.3 Å². The minimum atomic E-state index is -4.66. The zero-order chi connectivity index (χ0) is 22.1. The summed E-state index contributed by atoms with van der Waals surface area (Å²) in [6.07, 6.45) is -4.66. The molecule has 1 aliphatic rings. The summed E-state index contributed by atoms with van der Waals surface area (Å²) in [5, 5.41) is 8.76. The summed E-state index contributed by atoms with van der Waals surface area (Å²) in [6.45, 7) is 6.35. The lowest BCUT2D eigenvalue weighted by molar-refractivity contribution is -0.155. The Labute approximate surface area is 173 Å². The van der Waals surface area contributed by atoms with Crippen LogP contribution in [0.5, 0.6) is 0 Å². The molecule has 1 fully saturated rings. The highest BCUT2D eigenvalue weighted by molar-refractivity contribution is 5.93. The van der Waals surface area contributed by atoms with Gasteiger partial charge < -0.3 is 20.4 Å². The van der Waals surface area contributed by atoms with Crippen molar-refractivity contribution in [3.8, 4) is 0 Å². The van der Waals surface area contributed by atoms with Crippen molar-refractivity contribution in [3.63, 3.8) is 0 Å². The number of alkyl halides is 3. The summed E-state index contributed by atoms with van der Waals surface area (Å²) in [4.78, 5) is 16.9. The normalized spacial score (nSPS) is 16.4. The average molecular weight is 424 g/mol. The lowest BCUT2D eigenvalue weighted by atomic mass is 10.0. The Morgan fingerprint density at radius 2 is 1.73 bits per heavy atom. The molecule has 1 unspecified atom stereocenters. The van der Waals surface area contributed by atoms with Gasteiger partial charge in [-0.15, -0.1) is 0 Å². The zero-order valence-corrected chi connectivity index (χ0v) is 17.5. The fraction of sp³-hybridized carbons (Fsp3) is 0.500. The van der Waals surface area contributed by atoms with Crippen LogP contribution in [0.3, 0.4) is 0 Å². The molecule has 1 atom stereocenters. The van der Waals surface area contributed by atoms with Crippen molar-refractivity contribution >= 4 is 17.4 Å². The van der Waals surface area contributed by atoms with Crippen molar-refractivity contribution in [2.75, 3.05) is 43.4 Å². The molecule has 2 heterocycles. The van der Waals surface area contributed by atoms with E-state index in [1.54, 1.807) is 26.1 Å². The molecule has 164 valence electrons. The van der Waals surface area contributed by atoms with Gasteiger partial charge in [0.05, 0.1) is 17.1 Å². The van der Waals surface area contributed by atoms with Gasteiger partial charge in [0.25, 0.3) is 0 Å². The monoisotopic (exact) mass is 424 g/mol. The molecule has 0 radical (unpaired) electrons. The van der Waals surface area contributed by atoms with Crippen LogP contribution in [0, 0.1) is 13.8 Å². The van der Waals surface area contributed by atoms with Crippen LogP contribution in [0.2, 0.25) is 0 Å². The number of amides is 2. The van der Waals surface area contributed by atoms with Gasteiger partial charge in [0, 0.05) is 44.5 Å². The van der Waals surface area contributed by atoms with Crippen molar-refractivity contribution in [2.24, 2.45) is 7.05 Å². The first-order valence-electron chi connectivity index (χ1n) is 9.74. The molecule has 0 spiro atoms. The smallest absolute Gasteiger partial charge is 0.367 e. The quantitative estimate of drug-likeness (QED) is 0.791. The molecule has 0 bridgehead atoms. The fourth-order valence-electron chi connectivity index (χ4n) is 3.72. The fourth-order valence-corrected chi connectivity index (χ4v) is 3.72. The van der Waals surface area contributed by atoms with Crippen molar-refractivity contribution in [1.82, 2.24) is 20.0 Å². The first-order valence-corrected chi connectivity index (χ1v) is 9.74. The number of para-hydroxylation sites is 2. The van der Waals surface area contributed by atoms with Crippen LogP contribution in [0.25, 0.3) is 0 Å². The number of hydrogen-bond acceptors (Lipinski definition) is 4. The first-order chi connectivity index (χ1) is 14.1. The standard InChI is InChI=1S/C20H27F3N6O/c1-13-17(14(2)28(4)26-13)18(20(21,22)23)25-19(30)24-15-7-5-6-8-16(15)29-11-9-27(3)10-12-29/h5-8,18H,9-12H2,1-4H3,(H2,24,25,30). The molecule has 1 aliphatic heterocycles. The van der Waals surface area contributed by atoms with Gasteiger partial charge in [0.2, 0.25) is 0 Å². The molecule has 2 amide bonds. The van der Waals surface area contributed by atoms with Crippen molar-refractivity contribution in [2.45, 2.75) is 26.1 Å². The van der Waals surface area contributed by atoms with Crippen molar-refractivity contribution in [3.05, 3.63) is 41.2 Å². The summed E-state index contributed by atoms with van der Waals surface area (Å²) in [7, 11) is 3.61. The zero-order valence-electron chi connectivity index (χ0n) is 17.5. The number of anilines is 2. The maximum absolute atomic E-state index is 13.8. The van der Waals surface area contributed by atoms with Gasteiger partial charge in [0.1, 0.15) is 0 Å². The van der Waals surface area contributed by atoms with Crippen LogP contribution in [-0.2, 0) is 7.05 Å². The Morgan fingerprint density at radius 3 is 2.30 bits per heavy atom. The van der Waals surface area contributed by atoms with E-state index in [1.165, 1.54) is 11.6 Å². The number of aryl methyl sites for hydroxylation is 2. The first kappa shape index (κ1) is 21.9. The third kappa shape index (κ3) is 4.69. The van der Waals surface area contributed by atoms with E-state index >= 15 is 0 Å². The summed E-state index contributed by atoms with van der Waals surface area (Å²) in [5.74, 6) is 0. The highest BCUT2D eigenvalue weighted by Crippen LogP contribution is 2.36. The van der Waals surface area contributed by atoms with Crippen LogP contribution in [-0.4, -0.2) is 60.1 Å². The molecule has 3 rings (SSSR count). The van der Waals surface area contributed by atoms with Crippen molar-refractivity contribution in [1.29, 1.82) is 0 Å². The molecular formula is C20H27F3N6O. The van der Waals surface area contributed by atoms with Crippen LogP contribution in [0.4, 0.5) is 29.3 Å². The molecule has 0 saturated carbocycles. The predicted octanol–water partition coefficient (Wildman–Crippen LogP) is 3.21. The Hall–Kier alpha value is -2.75. The average Bonchev–Trinajstić information content (AvgIpc) is 2.92. The summed E-state index contributed by atoms with van der Waals surface area (Å²) < 4.78 is 42.7. The number of carbonyl (C=O) groups is 1. The number of hydrogen-bond donors (Lipinski definition) is 2. The highest BCUT2D eigenvalue weighted by Gasteiger charge is 2.44. The number of nitrogens with zero attached hydrogens (tertiary/aromatic N) is 4. The maximum Gasteiger partial charge on any atom is 0.413 e. The number of halogens is 3. The number of likely N-dealkylation sites (N-methyl/N-ethyl adjacent to an activating group) is 1. The van der Waals surface area contributed by atoms with Gasteiger partial charge in [0.15, 0.2) is 6.04 Å². The second-order valence-electron chi connectivity index (χ2n) is 7.59. The SMILES string of the molecule is Cc1nn(C)c(C)c1C(NC(=O)Nc1ccccc1N1CCN(C)CC1)C(F)(F)F. The van der Waals surface area contributed by atoms with Gasteiger partial charge in [-0.2, -0.15) is 18.3 Å². The third-order valence-electron chi connectivity index (χ3n) is 5.45. The van der Waals surface area contributed by atoms with E-state index in [9.17, 15) is 18.0 Å².